The summed E-state index contributed by atoms with van der Waals surface area (Å²) in [5.41, 5.74) is 3.20. The van der Waals surface area contributed by atoms with Crippen LogP contribution in [-0.4, -0.2) is 19.7 Å². The van der Waals surface area contributed by atoms with Gasteiger partial charge in [0, 0.05) is 6.08 Å². The fourth-order valence-electron chi connectivity index (χ4n) is 1.92. The number of hydrogen-bond donors (Lipinski definition) is 0. The number of hydrogen-bond acceptors (Lipinski definition) is 3. The number of benzene rings is 2. The zero-order chi connectivity index (χ0) is 15.1. The van der Waals surface area contributed by atoms with Crippen LogP contribution in [0.2, 0.25) is 0 Å². The third kappa shape index (κ3) is 4.21. The second-order valence-electron chi connectivity index (χ2n) is 4.44. The van der Waals surface area contributed by atoms with Gasteiger partial charge in [-0.15, -0.1) is 0 Å². The molecule has 0 amide bonds. The smallest absolute Gasteiger partial charge is 0.330 e. The lowest BCUT2D eigenvalue weighted by Gasteiger charge is -2.04. The summed E-state index contributed by atoms with van der Waals surface area (Å²) in [6.45, 7) is 2.18. The van der Waals surface area contributed by atoms with E-state index < -0.39 is 0 Å². The second-order valence-corrected chi connectivity index (χ2v) is 4.44. The lowest BCUT2D eigenvalue weighted by Crippen LogP contribution is -1.98. The summed E-state index contributed by atoms with van der Waals surface area (Å²) < 4.78 is 9.99. The zero-order valence-electron chi connectivity index (χ0n) is 12.2. The minimum atomic E-state index is -0.322. The van der Waals surface area contributed by atoms with Gasteiger partial charge in [-0.2, -0.15) is 0 Å². The van der Waals surface area contributed by atoms with Gasteiger partial charge in [0.15, 0.2) is 0 Å². The van der Waals surface area contributed by atoms with Gasteiger partial charge < -0.3 is 9.47 Å². The van der Waals surface area contributed by atoms with Crippen molar-refractivity contribution in [2.24, 2.45) is 0 Å². The van der Waals surface area contributed by atoms with E-state index in [-0.39, 0.29) is 5.97 Å². The summed E-state index contributed by atoms with van der Waals surface area (Å²) >= 11 is 0. The van der Waals surface area contributed by atoms with Crippen molar-refractivity contribution in [1.82, 2.24) is 0 Å². The topological polar surface area (TPSA) is 35.5 Å². The molecule has 3 heteroatoms. The molecule has 0 saturated carbocycles. The van der Waals surface area contributed by atoms with Crippen molar-refractivity contribution in [2.45, 2.75) is 6.92 Å². The van der Waals surface area contributed by atoms with Crippen molar-refractivity contribution in [3.8, 4) is 16.9 Å². The normalized spacial score (nSPS) is 10.6. The monoisotopic (exact) mass is 282 g/mol. The summed E-state index contributed by atoms with van der Waals surface area (Å²) in [7, 11) is 1.65. The van der Waals surface area contributed by atoms with Gasteiger partial charge in [0.2, 0.25) is 0 Å². The quantitative estimate of drug-likeness (QED) is 0.615. The molecule has 0 heterocycles. The summed E-state index contributed by atoms with van der Waals surface area (Å²) in [6, 6.07) is 15.9. The van der Waals surface area contributed by atoms with Gasteiger partial charge in [0.1, 0.15) is 5.75 Å². The largest absolute Gasteiger partial charge is 0.497 e. The molecule has 0 N–H and O–H groups in total. The van der Waals surface area contributed by atoms with E-state index in [1.54, 1.807) is 20.1 Å². The predicted molar refractivity (Wildman–Crippen MR) is 84.1 cm³/mol. The van der Waals surface area contributed by atoms with E-state index in [0.29, 0.717) is 6.61 Å². The maximum Gasteiger partial charge on any atom is 0.330 e. The molecule has 2 rings (SSSR count). The van der Waals surface area contributed by atoms with Crippen molar-refractivity contribution in [3.05, 3.63) is 60.2 Å². The van der Waals surface area contributed by atoms with Crippen LogP contribution in [0.4, 0.5) is 0 Å². The molecule has 2 aromatic rings. The highest BCUT2D eigenvalue weighted by Crippen LogP contribution is 2.22. The number of esters is 1. The maximum absolute atomic E-state index is 11.2. The Kier molecular flexibility index (Phi) is 5.16. The fourth-order valence-corrected chi connectivity index (χ4v) is 1.92. The van der Waals surface area contributed by atoms with E-state index in [0.717, 1.165) is 22.4 Å². The Labute approximate surface area is 124 Å². The highest BCUT2D eigenvalue weighted by Gasteiger charge is 1.99. The minimum absolute atomic E-state index is 0.322. The molecule has 0 unspecified atom stereocenters. The number of ether oxygens (including phenoxy) is 2. The fraction of sp³-hybridized carbons (Fsp3) is 0.167. The molecule has 0 bridgehead atoms. The molecular formula is C18H18O3. The number of carbonyl (C=O) groups excluding carboxylic acids is 1. The van der Waals surface area contributed by atoms with Crippen molar-refractivity contribution < 1.29 is 14.3 Å². The third-order valence-corrected chi connectivity index (χ3v) is 3.03. The van der Waals surface area contributed by atoms with Crippen LogP contribution in [0.25, 0.3) is 17.2 Å². The van der Waals surface area contributed by atoms with Crippen LogP contribution in [0.3, 0.4) is 0 Å². The van der Waals surface area contributed by atoms with Crippen LogP contribution in [0.1, 0.15) is 12.5 Å². The lowest BCUT2D eigenvalue weighted by molar-refractivity contribution is -0.137. The van der Waals surface area contributed by atoms with Gasteiger partial charge in [-0.1, -0.05) is 36.4 Å². The molecule has 0 saturated heterocycles. The van der Waals surface area contributed by atoms with Gasteiger partial charge in [-0.05, 0) is 41.8 Å². The van der Waals surface area contributed by atoms with E-state index in [2.05, 4.69) is 0 Å². The molecule has 108 valence electrons. The molecule has 0 atom stereocenters. The van der Waals surface area contributed by atoms with Gasteiger partial charge >= 0.3 is 5.97 Å². The second kappa shape index (κ2) is 7.29. The Morgan fingerprint density at radius 2 is 1.57 bits per heavy atom. The van der Waals surface area contributed by atoms with E-state index in [1.165, 1.54) is 6.08 Å². The van der Waals surface area contributed by atoms with Gasteiger partial charge in [0.25, 0.3) is 0 Å². The van der Waals surface area contributed by atoms with Crippen LogP contribution in [-0.2, 0) is 9.53 Å². The Morgan fingerprint density at radius 1 is 1.00 bits per heavy atom. The lowest BCUT2D eigenvalue weighted by atomic mass is 10.0. The molecule has 0 aliphatic rings. The average Bonchev–Trinajstić information content (AvgIpc) is 2.54. The molecule has 0 spiro atoms. The van der Waals surface area contributed by atoms with Crippen LogP contribution in [0.5, 0.6) is 5.75 Å². The molecule has 0 aliphatic carbocycles. The molecule has 0 aromatic heterocycles. The van der Waals surface area contributed by atoms with Gasteiger partial charge in [0.05, 0.1) is 13.7 Å². The molecule has 21 heavy (non-hydrogen) atoms. The van der Waals surface area contributed by atoms with E-state index in [9.17, 15) is 4.79 Å². The van der Waals surface area contributed by atoms with Crippen LogP contribution < -0.4 is 4.74 Å². The number of methoxy groups -OCH3 is 1. The van der Waals surface area contributed by atoms with Gasteiger partial charge in [-0.25, -0.2) is 4.79 Å². The Balaban J connectivity index is 2.09. The third-order valence-electron chi connectivity index (χ3n) is 3.03. The predicted octanol–water partition coefficient (Wildman–Crippen LogP) is 3.94. The molecule has 0 aliphatic heterocycles. The first-order chi connectivity index (χ1) is 10.2. The Bertz CT molecular complexity index is 610. The average molecular weight is 282 g/mol. The molecule has 0 radical (unpaired) electrons. The first-order valence-electron chi connectivity index (χ1n) is 6.82. The maximum atomic E-state index is 11.2. The first kappa shape index (κ1) is 14.9. The van der Waals surface area contributed by atoms with Crippen LogP contribution in [0.15, 0.2) is 54.6 Å². The van der Waals surface area contributed by atoms with Crippen molar-refractivity contribution in [1.29, 1.82) is 0 Å². The Hall–Kier alpha value is -2.55. The van der Waals surface area contributed by atoms with Crippen LogP contribution in [0, 0.1) is 0 Å². The van der Waals surface area contributed by atoms with Crippen LogP contribution >= 0.6 is 0 Å². The van der Waals surface area contributed by atoms with Crippen molar-refractivity contribution in [3.63, 3.8) is 0 Å². The van der Waals surface area contributed by atoms with Gasteiger partial charge in [-0.3, -0.25) is 0 Å². The summed E-state index contributed by atoms with van der Waals surface area (Å²) in [4.78, 5) is 11.2. The highest BCUT2D eigenvalue weighted by atomic mass is 16.5. The van der Waals surface area contributed by atoms with Crippen molar-refractivity contribution >= 4 is 12.0 Å². The molecule has 3 nitrogen and oxygen atoms in total. The standard InChI is InChI=1S/C18H18O3/c1-3-21-18(19)13-6-14-4-7-15(8-5-14)16-9-11-17(20-2)12-10-16/h4-13H,3H2,1-2H3/b13-6-. The molecular weight excluding hydrogens is 264 g/mol. The van der Waals surface area contributed by atoms with E-state index >= 15 is 0 Å². The highest BCUT2D eigenvalue weighted by molar-refractivity contribution is 5.87. The summed E-state index contributed by atoms with van der Waals surface area (Å²) in [5, 5.41) is 0. The molecule has 0 fully saturated rings. The molecule has 2 aromatic carbocycles. The summed E-state index contributed by atoms with van der Waals surface area (Å²) in [6.07, 6.45) is 3.18. The SMILES string of the molecule is CCOC(=O)/C=C\c1ccc(-c2ccc(OC)cc2)cc1. The summed E-state index contributed by atoms with van der Waals surface area (Å²) in [5.74, 6) is 0.518. The van der Waals surface area contributed by atoms with E-state index in [1.807, 2.05) is 48.5 Å². The zero-order valence-corrected chi connectivity index (χ0v) is 12.2. The van der Waals surface area contributed by atoms with Crippen molar-refractivity contribution in [2.75, 3.05) is 13.7 Å². The minimum Gasteiger partial charge on any atom is -0.497 e. The number of rotatable bonds is 5. The number of carbonyl (C=O) groups is 1. The first-order valence-corrected chi connectivity index (χ1v) is 6.82. The van der Waals surface area contributed by atoms with E-state index in [4.69, 9.17) is 9.47 Å². The Morgan fingerprint density at radius 3 is 2.10 bits per heavy atom.